The lowest BCUT2D eigenvalue weighted by Crippen LogP contribution is -2.08. The summed E-state index contributed by atoms with van der Waals surface area (Å²) in [7, 11) is 0. The highest BCUT2D eigenvalue weighted by Gasteiger charge is 2.18. The molecule has 0 amide bonds. The highest BCUT2D eigenvalue weighted by Crippen LogP contribution is 2.31. The fourth-order valence-electron chi connectivity index (χ4n) is 2.69. The Kier molecular flexibility index (Phi) is 2.74. The Labute approximate surface area is 123 Å². The first-order valence-corrected chi connectivity index (χ1v) is 7.03. The van der Waals surface area contributed by atoms with Crippen LogP contribution in [0.2, 0.25) is 0 Å². The zero-order valence-corrected chi connectivity index (χ0v) is 11.7. The minimum absolute atomic E-state index is 0.720. The summed E-state index contributed by atoms with van der Waals surface area (Å²) in [5.74, 6) is 0.720. The maximum absolute atomic E-state index is 4.76. The van der Waals surface area contributed by atoms with Crippen molar-refractivity contribution in [3.63, 3.8) is 0 Å². The first-order valence-electron chi connectivity index (χ1n) is 7.03. The lowest BCUT2D eigenvalue weighted by Gasteiger charge is -2.18. The summed E-state index contributed by atoms with van der Waals surface area (Å²) in [6.07, 6.45) is 9.52. The van der Waals surface area contributed by atoms with Gasteiger partial charge in [-0.25, -0.2) is 9.97 Å². The van der Waals surface area contributed by atoms with Crippen molar-refractivity contribution < 1.29 is 0 Å². The molecule has 0 bridgehead atoms. The maximum Gasteiger partial charge on any atom is 0.161 e. The molecule has 102 valence electrons. The Bertz CT molecular complexity index is 809. The quantitative estimate of drug-likeness (QED) is 0.684. The van der Waals surface area contributed by atoms with Crippen molar-refractivity contribution in [1.29, 1.82) is 0 Å². The van der Waals surface area contributed by atoms with Crippen LogP contribution in [0.5, 0.6) is 0 Å². The number of hydrogen-bond acceptors (Lipinski definition) is 4. The van der Waals surface area contributed by atoms with Crippen molar-refractivity contribution in [3.8, 4) is 22.6 Å². The Balaban J connectivity index is 1.86. The highest BCUT2D eigenvalue weighted by atomic mass is 14.9. The highest BCUT2D eigenvalue weighted by molar-refractivity contribution is 5.70. The third kappa shape index (κ3) is 2.09. The molecule has 3 aromatic rings. The minimum atomic E-state index is 0.720. The molecule has 0 unspecified atom stereocenters. The Morgan fingerprint density at radius 2 is 1.81 bits per heavy atom. The summed E-state index contributed by atoms with van der Waals surface area (Å²) in [6, 6.07) is 6.07. The van der Waals surface area contributed by atoms with Crippen LogP contribution in [0.25, 0.3) is 22.6 Å². The van der Waals surface area contributed by atoms with Crippen LogP contribution in [-0.2, 0) is 12.8 Å². The van der Waals surface area contributed by atoms with Crippen LogP contribution in [0.15, 0.2) is 43.0 Å². The van der Waals surface area contributed by atoms with E-state index in [1.165, 1.54) is 11.1 Å². The van der Waals surface area contributed by atoms with E-state index in [4.69, 9.17) is 4.98 Å². The smallest absolute Gasteiger partial charge is 0.161 e. The molecular weight excluding hydrogens is 260 g/mol. The average molecular weight is 274 g/mol. The van der Waals surface area contributed by atoms with Crippen molar-refractivity contribution in [2.24, 2.45) is 0 Å². The number of aromatic nitrogens is 4. The summed E-state index contributed by atoms with van der Waals surface area (Å²) in [6.45, 7) is 1.97. The molecule has 3 heterocycles. The van der Waals surface area contributed by atoms with Crippen molar-refractivity contribution in [1.82, 2.24) is 19.9 Å². The SMILES string of the molecule is Cc1ccc(-c2ncc3c(n2)-c2cnccc2CC3)cn1. The maximum atomic E-state index is 4.76. The van der Waals surface area contributed by atoms with Crippen LogP contribution in [0.3, 0.4) is 0 Å². The van der Waals surface area contributed by atoms with Gasteiger partial charge >= 0.3 is 0 Å². The van der Waals surface area contributed by atoms with Crippen LogP contribution in [0.4, 0.5) is 0 Å². The van der Waals surface area contributed by atoms with Crippen LogP contribution >= 0.6 is 0 Å². The van der Waals surface area contributed by atoms with Gasteiger partial charge in [-0.2, -0.15) is 0 Å². The van der Waals surface area contributed by atoms with Crippen molar-refractivity contribution in [2.75, 3.05) is 0 Å². The first kappa shape index (κ1) is 12.1. The molecule has 21 heavy (non-hydrogen) atoms. The van der Waals surface area contributed by atoms with Gasteiger partial charge < -0.3 is 0 Å². The molecule has 0 aliphatic heterocycles. The van der Waals surface area contributed by atoms with E-state index in [1.807, 2.05) is 43.8 Å². The minimum Gasteiger partial charge on any atom is -0.264 e. The van der Waals surface area contributed by atoms with E-state index in [1.54, 1.807) is 0 Å². The summed E-state index contributed by atoms with van der Waals surface area (Å²) in [5, 5.41) is 0. The summed E-state index contributed by atoms with van der Waals surface area (Å²) >= 11 is 0. The molecule has 4 nitrogen and oxygen atoms in total. The summed E-state index contributed by atoms with van der Waals surface area (Å²) in [5.41, 5.74) is 6.58. The monoisotopic (exact) mass is 274 g/mol. The second-order valence-corrected chi connectivity index (χ2v) is 5.29. The molecule has 0 saturated heterocycles. The van der Waals surface area contributed by atoms with Crippen LogP contribution in [-0.4, -0.2) is 19.9 Å². The zero-order valence-electron chi connectivity index (χ0n) is 11.7. The van der Waals surface area contributed by atoms with Gasteiger partial charge in [-0.1, -0.05) is 0 Å². The fourth-order valence-corrected chi connectivity index (χ4v) is 2.69. The van der Waals surface area contributed by atoms with Gasteiger partial charge in [0.05, 0.1) is 5.69 Å². The predicted molar refractivity (Wildman–Crippen MR) is 80.6 cm³/mol. The van der Waals surface area contributed by atoms with Crippen LogP contribution in [0.1, 0.15) is 16.8 Å². The van der Waals surface area contributed by atoms with Gasteiger partial charge in [-0.15, -0.1) is 0 Å². The molecule has 4 heteroatoms. The largest absolute Gasteiger partial charge is 0.264 e. The van der Waals surface area contributed by atoms with Crippen LogP contribution < -0.4 is 0 Å². The van der Waals surface area contributed by atoms with Crippen LogP contribution in [0, 0.1) is 6.92 Å². The van der Waals surface area contributed by atoms with E-state index in [-0.39, 0.29) is 0 Å². The molecule has 0 fully saturated rings. The first-order chi connectivity index (χ1) is 10.3. The molecular formula is C17H14N4. The van der Waals surface area contributed by atoms with Gasteiger partial charge in [0.25, 0.3) is 0 Å². The van der Waals surface area contributed by atoms with E-state index >= 15 is 0 Å². The standard InChI is InChI=1S/C17H14N4/c1-11-2-3-14(9-19-11)17-20-8-13-5-4-12-6-7-18-10-15(12)16(13)21-17/h2-3,6-10H,4-5H2,1H3. The molecule has 0 atom stereocenters. The topological polar surface area (TPSA) is 51.6 Å². The molecule has 1 aliphatic carbocycles. The predicted octanol–water partition coefficient (Wildman–Crippen LogP) is 3.01. The molecule has 0 N–H and O–H groups in total. The number of nitrogens with zero attached hydrogens (tertiary/aromatic N) is 4. The number of rotatable bonds is 1. The average Bonchev–Trinajstić information content (AvgIpc) is 2.55. The number of hydrogen-bond donors (Lipinski definition) is 0. The van der Waals surface area contributed by atoms with E-state index in [0.717, 1.165) is 41.2 Å². The molecule has 0 spiro atoms. The van der Waals surface area contributed by atoms with E-state index in [2.05, 4.69) is 21.0 Å². The Morgan fingerprint density at radius 3 is 2.67 bits per heavy atom. The Morgan fingerprint density at radius 1 is 0.905 bits per heavy atom. The third-order valence-electron chi connectivity index (χ3n) is 3.86. The number of fused-ring (bicyclic) bond motifs is 3. The Hall–Kier alpha value is -2.62. The van der Waals surface area contributed by atoms with E-state index in [0.29, 0.717) is 0 Å². The van der Waals surface area contributed by atoms with E-state index < -0.39 is 0 Å². The fraction of sp³-hybridized carbons (Fsp3) is 0.176. The number of aryl methyl sites for hydroxylation is 3. The van der Waals surface area contributed by atoms with E-state index in [9.17, 15) is 0 Å². The van der Waals surface area contributed by atoms with Gasteiger partial charge in [0.1, 0.15) is 0 Å². The molecule has 3 aromatic heterocycles. The zero-order chi connectivity index (χ0) is 14.2. The van der Waals surface area contributed by atoms with Crippen molar-refractivity contribution >= 4 is 0 Å². The van der Waals surface area contributed by atoms with Gasteiger partial charge in [0.2, 0.25) is 0 Å². The molecule has 0 saturated carbocycles. The lowest BCUT2D eigenvalue weighted by molar-refractivity contribution is 0.907. The summed E-state index contributed by atoms with van der Waals surface area (Å²) < 4.78 is 0. The second-order valence-electron chi connectivity index (χ2n) is 5.29. The number of pyridine rings is 2. The molecule has 1 aliphatic rings. The molecule has 0 aromatic carbocycles. The lowest BCUT2D eigenvalue weighted by atomic mass is 9.91. The van der Waals surface area contributed by atoms with Gasteiger partial charge in [-0.05, 0) is 49.1 Å². The van der Waals surface area contributed by atoms with Crippen molar-refractivity contribution in [3.05, 3.63) is 59.8 Å². The third-order valence-corrected chi connectivity index (χ3v) is 3.86. The van der Waals surface area contributed by atoms with Gasteiger partial charge in [-0.3, -0.25) is 9.97 Å². The summed E-state index contributed by atoms with van der Waals surface area (Å²) in [4.78, 5) is 17.8. The van der Waals surface area contributed by atoms with Gasteiger partial charge in [0, 0.05) is 41.6 Å². The molecule has 4 rings (SSSR count). The molecule has 0 radical (unpaired) electrons. The van der Waals surface area contributed by atoms with Gasteiger partial charge in [0.15, 0.2) is 5.82 Å². The van der Waals surface area contributed by atoms with Crippen molar-refractivity contribution in [2.45, 2.75) is 19.8 Å². The normalized spacial score (nSPS) is 12.6. The second kappa shape index (κ2) is 4.74.